The third-order valence-electron chi connectivity index (χ3n) is 10.1. The molecule has 10 rings (SSSR count). The molecule has 10 aromatic rings. The molecule has 2 heterocycles. The first-order valence-electron chi connectivity index (χ1n) is 17.2. The lowest BCUT2D eigenvalue weighted by Crippen LogP contribution is -1.99. The van der Waals surface area contributed by atoms with Crippen LogP contribution in [0.5, 0.6) is 0 Å². The first-order valence-corrected chi connectivity index (χ1v) is 17.2. The number of aromatic nitrogens is 2. The van der Waals surface area contributed by atoms with Gasteiger partial charge in [0.1, 0.15) is 0 Å². The summed E-state index contributed by atoms with van der Waals surface area (Å²) < 4.78 is 4.92. The Morgan fingerprint density at radius 3 is 1.40 bits per heavy atom. The predicted molar refractivity (Wildman–Crippen MR) is 211 cm³/mol. The highest BCUT2D eigenvalue weighted by atomic mass is 15.0. The number of rotatable bonds is 5. The number of para-hydroxylation sites is 4. The van der Waals surface area contributed by atoms with E-state index in [-0.39, 0.29) is 0 Å². The van der Waals surface area contributed by atoms with E-state index in [1.165, 1.54) is 82.7 Å². The van der Waals surface area contributed by atoms with Crippen molar-refractivity contribution in [1.29, 1.82) is 0 Å². The van der Waals surface area contributed by atoms with Crippen LogP contribution < -0.4 is 0 Å². The van der Waals surface area contributed by atoms with Crippen LogP contribution in [0.1, 0.15) is 0 Å². The predicted octanol–water partition coefficient (Wildman–Crippen LogP) is 12.9. The van der Waals surface area contributed by atoms with Gasteiger partial charge in [-0.05, 0) is 58.7 Å². The molecule has 0 aliphatic heterocycles. The Morgan fingerprint density at radius 2 is 0.700 bits per heavy atom. The number of fused-ring (bicyclic) bond motifs is 6. The molecule has 0 saturated carbocycles. The standard InChI is InChI=1S/C48H32N2/c1-3-17-33(18-4-1)35-25-15-31-45(47(35)34-19-5-2-6-20-34)50-44-30-14-10-24-40(44)48-39(26-16-32-46(48)50)38-23-9-13-29-43(38)49-41-27-11-7-21-36(41)37-22-8-12-28-42(37)49/h1-32H. The molecule has 2 aromatic heterocycles. The van der Waals surface area contributed by atoms with Crippen LogP contribution in [0, 0.1) is 0 Å². The summed E-state index contributed by atoms with van der Waals surface area (Å²) in [5.74, 6) is 0. The lowest BCUT2D eigenvalue weighted by molar-refractivity contribution is 1.18. The van der Waals surface area contributed by atoms with Crippen molar-refractivity contribution in [3.63, 3.8) is 0 Å². The van der Waals surface area contributed by atoms with E-state index in [9.17, 15) is 0 Å². The van der Waals surface area contributed by atoms with Crippen LogP contribution in [0.15, 0.2) is 194 Å². The zero-order valence-corrected chi connectivity index (χ0v) is 27.4. The zero-order chi connectivity index (χ0) is 33.0. The third kappa shape index (κ3) is 4.29. The third-order valence-corrected chi connectivity index (χ3v) is 10.1. The summed E-state index contributed by atoms with van der Waals surface area (Å²) in [7, 11) is 0. The second-order valence-corrected chi connectivity index (χ2v) is 12.9. The van der Waals surface area contributed by atoms with Gasteiger partial charge >= 0.3 is 0 Å². The Bertz CT molecular complexity index is 2800. The molecule has 0 unspecified atom stereocenters. The number of hydrogen-bond acceptors (Lipinski definition) is 0. The largest absolute Gasteiger partial charge is 0.309 e. The number of hydrogen-bond donors (Lipinski definition) is 0. The summed E-state index contributed by atoms with van der Waals surface area (Å²) in [6, 6.07) is 70.4. The van der Waals surface area contributed by atoms with Crippen molar-refractivity contribution in [1.82, 2.24) is 9.13 Å². The second-order valence-electron chi connectivity index (χ2n) is 12.9. The molecular formula is C48H32N2. The minimum atomic E-state index is 1.16. The van der Waals surface area contributed by atoms with Crippen LogP contribution >= 0.6 is 0 Å². The SMILES string of the molecule is c1ccc(-c2cccc(-n3c4ccccc4c4c(-c5ccccc5-n5c6ccccc6c6ccccc65)cccc43)c2-c2ccccc2)cc1. The number of benzene rings is 8. The van der Waals surface area contributed by atoms with Crippen LogP contribution in [-0.2, 0) is 0 Å². The molecule has 0 amide bonds. The van der Waals surface area contributed by atoms with E-state index in [4.69, 9.17) is 0 Å². The molecule has 0 atom stereocenters. The van der Waals surface area contributed by atoms with Crippen molar-refractivity contribution in [2.24, 2.45) is 0 Å². The molecule has 234 valence electrons. The minimum Gasteiger partial charge on any atom is -0.309 e. The van der Waals surface area contributed by atoms with Crippen molar-refractivity contribution in [2.75, 3.05) is 0 Å². The maximum absolute atomic E-state index is 2.48. The van der Waals surface area contributed by atoms with Gasteiger partial charge < -0.3 is 9.13 Å². The van der Waals surface area contributed by atoms with Crippen LogP contribution in [0.2, 0.25) is 0 Å². The average Bonchev–Trinajstić information content (AvgIpc) is 3.71. The summed E-state index contributed by atoms with van der Waals surface area (Å²) in [6.45, 7) is 0. The average molecular weight is 637 g/mol. The molecule has 0 saturated heterocycles. The molecule has 0 N–H and O–H groups in total. The van der Waals surface area contributed by atoms with E-state index in [0.29, 0.717) is 0 Å². The van der Waals surface area contributed by atoms with E-state index in [1.54, 1.807) is 0 Å². The maximum Gasteiger partial charge on any atom is 0.0547 e. The van der Waals surface area contributed by atoms with Crippen LogP contribution in [0.4, 0.5) is 0 Å². The highest BCUT2D eigenvalue weighted by molar-refractivity contribution is 6.17. The van der Waals surface area contributed by atoms with Gasteiger partial charge in [0.15, 0.2) is 0 Å². The van der Waals surface area contributed by atoms with Crippen LogP contribution in [-0.4, -0.2) is 9.13 Å². The summed E-state index contributed by atoms with van der Waals surface area (Å²) in [4.78, 5) is 0. The van der Waals surface area contributed by atoms with Crippen molar-refractivity contribution in [2.45, 2.75) is 0 Å². The van der Waals surface area contributed by atoms with Gasteiger partial charge in [0.2, 0.25) is 0 Å². The van der Waals surface area contributed by atoms with Crippen molar-refractivity contribution in [3.8, 4) is 44.8 Å². The molecular weight excluding hydrogens is 605 g/mol. The van der Waals surface area contributed by atoms with E-state index >= 15 is 0 Å². The molecule has 0 spiro atoms. The van der Waals surface area contributed by atoms with Gasteiger partial charge in [-0.3, -0.25) is 0 Å². The second kappa shape index (κ2) is 11.5. The maximum atomic E-state index is 2.48. The smallest absolute Gasteiger partial charge is 0.0547 e. The van der Waals surface area contributed by atoms with Crippen LogP contribution in [0.25, 0.3) is 88.4 Å². The van der Waals surface area contributed by atoms with Gasteiger partial charge in [-0.2, -0.15) is 0 Å². The summed E-state index contributed by atoms with van der Waals surface area (Å²) in [6.07, 6.45) is 0. The van der Waals surface area contributed by atoms with E-state index < -0.39 is 0 Å². The zero-order valence-electron chi connectivity index (χ0n) is 27.4. The van der Waals surface area contributed by atoms with Crippen molar-refractivity contribution >= 4 is 43.6 Å². The fourth-order valence-electron chi connectivity index (χ4n) is 8.07. The number of nitrogens with zero attached hydrogens (tertiary/aromatic N) is 2. The summed E-state index contributed by atoms with van der Waals surface area (Å²) in [5, 5.41) is 5.01. The highest BCUT2D eigenvalue weighted by Crippen LogP contribution is 2.45. The van der Waals surface area contributed by atoms with Gasteiger partial charge in [0.05, 0.1) is 33.4 Å². The quantitative estimate of drug-likeness (QED) is 0.178. The van der Waals surface area contributed by atoms with E-state index in [2.05, 4.69) is 203 Å². The molecule has 8 aromatic carbocycles. The molecule has 2 heteroatoms. The van der Waals surface area contributed by atoms with Gasteiger partial charge in [-0.15, -0.1) is 0 Å². The van der Waals surface area contributed by atoms with Gasteiger partial charge in [0, 0.05) is 32.7 Å². The normalized spacial score (nSPS) is 11.6. The van der Waals surface area contributed by atoms with E-state index in [1.807, 2.05) is 0 Å². The molecule has 0 aliphatic carbocycles. The van der Waals surface area contributed by atoms with Gasteiger partial charge in [-0.1, -0.05) is 158 Å². The molecule has 0 fully saturated rings. The first kappa shape index (κ1) is 28.4. The highest BCUT2D eigenvalue weighted by Gasteiger charge is 2.22. The van der Waals surface area contributed by atoms with E-state index in [0.717, 1.165) is 5.69 Å². The molecule has 0 radical (unpaired) electrons. The summed E-state index contributed by atoms with van der Waals surface area (Å²) in [5.41, 5.74) is 14.4. The molecule has 50 heavy (non-hydrogen) atoms. The molecule has 0 bridgehead atoms. The minimum absolute atomic E-state index is 1.16. The molecule has 2 nitrogen and oxygen atoms in total. The van der Waals surface area contributed by atoms with Gasteiger partial charge in [-0.25, -0.2) is 0 Å². The van der Waals surface area contributed by atoms with Gasteiger partial charge in [0.25, 0.3) is 0 Å². The summed E-state index contributed by atoms with van der Waals surface area (Å²) >= 11 is 0. The fraction of sp³-hybridized carbons (Fsp3) is 0. The fourth-order valence-corrected chi connectivity index (χ4v) is 8.07. The topological polar surface area (TPSA) is 9.86 Å². The molecule has 0 aliphatic rings. The lowest BCUT2D eigenvalue weighted by Gasteiger charge is -2.19. The van der Waals surface area contributed by atoms with Crippen molar-refractivity contribution in [3.05, 3.63) is 194 Å². The van der Waals surface area contributed by atoms with Crippen LogP contribution in [0.3, 0.4) is 0 Å². The Labute approximate surface area is 290 Å². The Kier molecular flexibility index (Phi) is 6.53. The Hall–Kier alpha value is -6.64. The lowest BCUT2D eigenvalue weighted by atomic mass is 9.92. The monoisotopic (exact) mass is 636 g/mol. The Morgan fingerprint density at radius 1 is 0.260 bits per heavy atom. The first-order chi connectivity index (χ1) is 24.9. The Balaban J connectivity index is 1.29. The van der Waals surface area contributed by atoms with Crippen molar-refractivity contribution < 1.29 is 0 Å².